The summed E-state index contributed by atoms with van der Waals surface area (Å²) in [5.74, 6) is -3.46. The molecule has 3 aliphatic rings. The van der Waals surface area contributed by atoms with Crippen molar-refractivity contribution in [3.63, 3.8) is 0 Å². The normalized spacial score (nSPS) is 12.1. The molecule has 12 aromatic rings. The summed E-state index contributed by atoms with van der Waals surface area (Å²) in [5, 5.41) is 63.7. The summed E-state index contributed by atoms with van der Waals surface area (Å²) in [4.78, 5) is 107. The quantitative estimate of drug-likeness (QED) is 0.00377. The van der Waals surface area contributed by atoms with Crippen molar-refractivity contribution in [1.29, 1.82) is 0 Å². The molecule has 0 saturated carbocycles. The minimum absolute atomic E-state index is 0. The van der Waals surface area contributed by atoms with E-state index in [-0.39, 0.29) is 154 Å². The zero-order valence-corrected chi connectivity index (χ0v) is 84.5. The van der Waals surface area contributed by atoms with Crippen LogP contribution in [-0.4, -0.2) is 157 Å². The number of ketones is 2. The number of phenols is 2. The number of anilines is 9. The van der Waals surface area contributed by atoms with E-state index in [0.717, 1.165) is 44.4 Å². The zero-order chi connectivity index (χ0) is 99.5. The van der Waals surface area contributed by atoms with Crippen molar-refractivity contribution in [2.75, 3.05) is 103 Å². The van der Waals surface area contributed by atoms with Crippen LogP contribution in [0.3, 0.4) is 0 Å². The Morgan fingerprint density at radius 3 is 1.32 bits per heavy atom. The van der Waals surface area contributed by atoms with Gasteiger partial charge in [0.1, 0.15) is 52.0 Å². The number of carbonyl (C=O) groups excluding carboxylic acids is 8. The Morgan fingerprint density at radius 1 is 0.479 bits per heavy atom. The largest absolute Gasteiger partial charge is 1.00 e. The van der Waals surface area contributed by atoms with E-state index < -0.39 is 60.6 Å². The second-order valence-electron chi connectivity index (χ2n) is 29.0. The minimum Gasteiger partial charge on any atom is -0.744 e. The molecule has 41 nitrogen and oxygen atoms in total. The van der Waals surface area contributed by atoms with Crippen LogP contribution in [0, 0.1) is 12.1 Å². The molecule has 0 fully saturated rings. The number of nitrogens with two attached hydrogens (primary N) is 1. The van der Waals surface area contributed by atoms with Crippen LogP contribution < -0.4 is 135 Å². The van der Waals surface area contributed by atoms with Gasteiger partial charge in [-0.15, -0.1) is 49.5 Å². The Bertz CT molecular complexity index is 7000. The number of allylic oxidation sites excluding steroid dienone is 2. The number of carbonyl (C=O) groups is 8. The van der Waals surface area contributed by atoms with Gasteiger partial charge in [0.15, 0.2) is 17.2 Å². The Hall–Kier alpha value is -14.9. The number of amides is 5. The number of nitrogens with zero attached hydrogens (tertiary/aromatic N) is 16. The van der Waals surface area contributed by atoms with E-state index in [9.17, 15) is 61.5 Å². The number of azide groups is 2. The molecule has 0 radical (unpaired) electrons. The fraction of sp³-hybridized carbons (Fsp3) is 0.118. The van der Waals surface area contributed by atoms with Gasteiger partial charge in [-0.1, -0.05) is 58.8 Å². The molecule has 0 aromatic heterocycles. The molecule has 8 N–H and O–H groups in total. The summed E-state index contributed by atoms with van der Waals surface area (Å²) in [6.45, 7) is -0.741. The molecular weight excluding hydrogens is 1900 g/mol. The third-order valence-corrected chi connectivity index (χ3v) is 19.9. The van der Waals surface area contributed by atoms with Gasteiger partial charge in [-0.2, -0.15) is 67.1 Å². The molecule has 5 amide bonds. The monoisotopic (exact) mass is 1980 g/mol. The van der Waals surface area contributed by atoms with Crippen molar-refractivity contribution in [3.05, 3.63) is 346 Å². The van der Waals surface area contributed by atoms with Crippen molar-refractivity contribution in [1.82, 2.24) is 0 Å². The van der Waals surface area contributed by atoms with Crippen LogP contribution in [0.1, 0.15) is 38.5 Å². The number of rotatable bonds is 24. The van der Waals surface area contributed by atoms with Crippen LogP contribution in [0.5, 0.6) is 11.5 Å². The van der Waals surface area contributed by atoms with E-state index in [0.29, 0.717) is 84.4 Å². The molecule has 47 heteroatoms. The number of benzene rings is 12. The molecule has 0 spiro atoms. The van der Waals surface area contributed by atoms with Gasteiger partial charge in [-0.25, -0.2) is 18.1 Å². The number of nitrogens with one attached hydrogen (secondary N) is 4. The number of cyclic esters (lactones) is 1. The van der Waals surface area contributed by atoms with E-state index in [2.05, 4.69) is 84.1 Å². The molecule has 0 bridgehead atoms. The first-order valence-electron chi connectivity index (χ1n) is 39.9. The summed E-state index contributed by atoms with van der Waals surface area (Å²) in [6, 6.07) is 79.2. The SMILES string of the molecule is CN(C)c1ccc(N=Nc2cc[c-]cc2)c(NC(=O)CN)c1.CN(C)c1ccc(N=Nc2cc[c-]cc2)c(NC(=O)CN=[N+]=[N-])c1.CN(C)c1ccc(N=Nc2ccc(C3C(=O)C=CC3=O)cc2)cc1.O=C1C=CC(=O)N1c1ccc(Nc2ccc3cc(S(=O)(=O)[O-])ccc3c2)cc1.O=S(=O)=O.O=S(=O)=O.[N-]=[N+]=NCC(=O)Nc1ccc2c(c1)C(c1ccc(O)cc1)(c1ccc(O)cc1)OC2=O.[Na+].[Na+].[Na+]. The molecule has 1 aliphatic carbocycles. The third-order valence-electron chi connectivity index (χ3n) is 19.1. The number of aromatic hydroxyl groups is 2. The second-order valence-corrected chi connectivity index (χ2v) is 31.2. The van der Waals surface area contributed by atoms with Crippen LogP contribution >= 0.6 is 0 Å². The van der Waals surface area contributed by atoms with Gasteiger partial charge in [-0.05, 0) is 215 Å². The summed E-state index contributed by atoms with van der Waals surface area (Å²) in [7, 11) is 0.870. The van der Waals surface area contributed by atoms with Crippen LogP contribution in [0.4, 0.5) is 85.3 Å². The molecule has 698 valence electrons. The van der Waals surface area contributed by atoms with Gasteiger partial charge in [-0.3, -0.25) is 33.6 Å². The van der Waals surface area contributed by atoms with E-state index in [1.165, 1.54) is 60.7 Å². The van der Waals surface area contributed by atoms with Crippen molar-refractivity contribution in [2.45, 2.75) is 16.4 Å². The fourth-order valence-electron chi connectivity index (χ4n) is 12.7. The molecule has 0 unspecified atom stereocenters. The maximum absolute atomic E-state index is 12.8. The molecule has 12 aromatic carbocycles. The van der Waals surface area contributed by atoms with E-state index in [1.807, 2.05) is 106 Å². The smallest absolute Gasteiger partial charge is 0.744 e. The second kappa shape index (κ2) is 55.5. The summed E-state index contributed by atoms with van der Waals surface area (Å²) < 4.78 is 90.0. The van der Waals surface area contributed by atoms with Crippen LogP contribution in [0.2, 0.25) is 0 Å². The fourth-order valence-corrected chi connectivity index (χ4v) is 13.2. The first kappa shape index (κ1) is 114. The van der Waals surface area contributed by atoms with Crippen molar-refractivity contribution >= 4 is 174 Å². The van der Waals surface area contributed by atoms with E-state index in [4.69, 9.17) is 46.8 Å². The summed E-state index contributed by atoms with van der Waals surface area (Å²) in [6.07, 6.45) is 5.12. The van der Waals surface area contributed by atoms with Gasteiger partial charge in [0.25, 0.3) is 11.8 Å². The summed E-state index contributed by atoms with van der Waals surface area (Å²) in [5.41, 5.74) is 33.6. The molecule has 140 heavy (non-hydrogen) atoms. The minimum atomic E-state index is -4.49. The number of fused-ring (bicyclic) bond motifs is 2. The van der Waals surface area contributed by atoms with Crippen LogP contribution in [0.15, 0.2) is 331 Å². The molecule has 0 saturated heterocycles. The van der Waals surface area contributed by atoms with E-state index >= 15 is 0 Å². The molecule has 0 atom stereocenters. The topological polar surface area (TPSA) is 605 Å². The third kappa shape index (κ3) is 34.1. The van der Waals surface area contributed by atoms with Gasteiger partial charge in [0.2, 0.25) is 17.7 Å². The standard InChI is InChI=1S/C22H16N4O5.C20H14N2O5S.C19H17N3O2.C16H16N7O.C16H18N5O.3Na.2O3S/c23-26-24-12-20(29)25-15-5-10-18-19(11-15)22(31-21(18)30,13-1-6-16(27)7-2-13)14-3-8-17(28)9-4-14;23-19-9-10-20(24)22(19)17-6-4-15(5-7-17)21-16-3-1-14-12-18(28(25,26)27)8-2-13(14)11-16;1-22(2)16-9-7-15(8-10-16)21-20-14-5-3-13(4-6-14)19-17(23)11-12-18(19)24;1-23(2)13-8-9-14(21-20-12-6-4-3-5-7-12)15(10-13)19-16(24)11-18-22-17;1-21(2)13-8-9-14(15(10-13)18-16(22)11-17)20-19-12-6-4-3-5-7-12;;;;2*1-4(2)3/h1-11,27-28H,12H2,(H,25,29);1-12,21H,(H,25,26,27);3-12,19H,1-2H3;4-10H,11H2,1-2H3,(H,19,24);4-10H,11,17H2,1-2H3,(H,18,22);;;;;/q;;;2*-1;3*+1;;/p-1. The predicted octanol–water partition coefficient (Wildman–Crippen LogP) is 6.77. The van der Waals surface area contributed by atoms with Gasteiger partial charge in [0, 0.05) is 115 Å². The van der Waals surface area contributed by atoms with Crippen LogP contribution in [0.25, 0.3) is 31.7 Å². The molecule has 15 rings (SSSR count). The molecule has 2 heterocycles. The van der Waals surface area contributed by atoms with Crippen LogP contribution in [-0.2, 0) is 75.2 Å². The van der Waals surface area contributed by atoms with Gasteiger partial charge >= 0.3 is 116 Å². The number of azo groups is 3. The molecular formula is C93H80N21Na3O20S3. The number of hydrogen-bond donors (Lipinski definition) is 7. The maximum Gasteiger partial charge on any atom is 1.00 e. The predicted molar refractivity (Wildman–Crippen MR) is 507 cm³/mol. The maximum atomic E-state index is 12.8. The van der Waals surface area contributed by atoms with E-state index in [1.54, 1.807) is 176 Å². The van der Waals surface area contributed by atoms with Gasteiger partial charge < -0.3 is 61.2 Å². The van der Waals surface area contributed by atoms with Crippen molar-refractivity contribution < 1.29 is 180 Å². The average Bonchev–Trinajstić information content (AvgIpc) is 1.56. The Labute approximate surface area is 870 Å². The Kier molecular flexibility index (Phi) is 45.1. The number of phenolic OH excluding ortho intramolecular Hbond substituents is 2. The number of ether oxygens (including phenoxy) is 1. The first-order chi connectivity index (χ1) is 65.4. The van der Waals surface area contributed by atoms with Crippen molar-refractivity contribution in [2.24, 2.45) is 46.6 Å². The summed E-state index contributed by atoms with van der Waals surface area (Å²) >= 11 is 0. The van der Waals surface area contributed by atoms with Crippen molar-refractivity contribution in [3.8, 4) is 11.5 Å². The Balaban J connectivity index is 0.000000263. The average molecular weight is 1980 g/mol. The molecule has 2 aliphatic heterocycles. The Morgan fingerprint density at radius 2 is 0.879 bits per heavy atom. The number of esters is 1. The number of imide groups is 1. The number of hydrogen-bond acceptors (Lipinski definition) is 33. The van der Waals surface area contributed by atoms with Gasteiger partial charge in [0.05, 0.1) is 45.4 Å². The zero-order valence-electron chi connectivity index (χ0n) is 76.0. The first-order valence-corrected chi connectivity index (χ1v) is 43.3.